The smallest absolute Gasteiger partial charge is 0.305 e. The van der Waals surface area contributed by atoms with Crippen LogP contribution in [0.2, 0.25) is 0 Å². The van der Waals surface area contributed by atoms with Gasteiger partial charge in [0.25, 0.3) is 5.91 Å². The number of nitrogens with one attached hydrogen (secondary N) is 2. The van der Waals surface area contributed by atoms with Gasteiger partial charge in [-0.2, -0.15) is 0 Å². The van der Waals surface area contributed by atoms with E-state index in [2.05, 4.69) is 34.7 Å². The fourth-order valence-corrected chi connectivity index (χ4v) is 3.96. The second-order valence-electron chi connectivity index (χ2n) is 9.34. The molecule has 9 heteroatoms. The van der Waals surface area contributed by atoms with Gasteiger partial charge in [-0.3, -0.25) is 9.59 Å². The lowest BCUT2D eigenvalue weighted by molar-refractivity contribution is -0.136. The van der Waals surface area contributed by atoms with E-state index in [4.69, 9.17) is 9.52 Å². The van der Waals surface area contributed by atoms with Crippen LogP contribution in [0.1, 0.15) is 48.7 Å². The highest BCUT2D eigenvalue weighted by atomic mass is 19.1. The number of aromatic nitrogens is 2. The first-order valence-corrected chi connectivity index (χ1v) is 12.3. The Kier molecular flexibility index (Phi) is 8.47. The third-order valence-electron chi connectivity index (χ3n) is 5.90. The molecule has 196 valence electrons. The first kappa shape index (κ1) is 26.5. The number of nitrogens with zero attached hydrogens (tertiary/aromatic N) is 2. The number of aliphatic carboxylic acids is 1. The van der Waals surface area contributed by atoms with Gasteiger partial charge in [0.15, 0.2) is 0 Å². The van der Waals surface area contributed by atoms with Crippen molar-refractivity contribution in [2.24, 2.45) is 5.92 Å². The molecule has 4 rings (SSSR count). The molecule has 1 unspecified atom stereocenters. The van der Waals surface area contributed by atoms with E-state index in [9.17, 15) is 14.0 Å². The van der Waals surface area contributed by atoms with Gasteiger partial charge in [0.05, 0.1) is 12.5 Å². The zero-order valence-electron chi connectivity index (χ0n) is 21.1. The van der Waals surface area contributed by atoms with E-state index in [0.717, 1.165) is 23.2 Å². The Morgan fingerprint density at radius 2 is 1.47 bits per heavy atom. The van der Waals surface area contributed by atoms with Gasteiger partial charge in [0.1, 0.15) is 5.82 Å². The molecule has 0 bridgehead atoms. The lowest BCUT2D eigenvalue weighted by atomic mass is 9.96. The number of carboxylic acids is 1. The molecule has 3 aromatic carbocycles. The van der Waals surface area contributed by atoms with Gasteiger partial charge in [0.2, 0.25) is 11.8 Å². The minimum absolute atomic E-state index is 0.0248. The predicted octanol–water partition coefficient (Wildman–Crippen LogP) is 5.95. The third kappa shape index (κ3) is 7.03. The summed E-state index contributed by atoms with van der Waals surface area (Å²) in [6.45, 7) is 4.39. The van der Waals surface area contributed by atoms with Crippen LogP contribution in [-0.4, -0.2) is 33.7 Å². The fourth-order valence-electron chi connectivity index (χ4n) is 3.96. The maximum Gasteiger partial charge on any atom is 0.305 e. The minimum Gasteiger partial charge on any atom is -0.481 e. The summed E-state index contributed by atoms with van der Waals surface area (Å²) in [5.74, 6) is -0.468. The SMILES string of the molecule is CC(C)CC(Nc1ccc(C(=O)NCCC(=O)O)cc1)c1ccc(-c2nnc(-c3ccc(F)cc3)o2)cc1. The molecule has 1 aromatic heterocycles. The monoisotopic (exact) mass is 516 g/mol. The van der Waals surface area contributed by atoms with Crippen LogP contribution in [0.25, 0.3) is 22.9 Å². The van der Waals surface area contributed by atoms with Crippen LogP contribution in [0.5, 0.6) is 0 Å². The maximum atomic E-state index is 13.2. The van der Waals surface area contributed by atoms with Crippen molar-refractivity contribution in [2.75, 3.05) is 11.9 Å². The number of halogens is 1. The molecule has 4 aromatic rings. The van der Waals surface area contributed by atoms with Crippen molar-refractivity contribution in [1.29, 1.82) is 0 Å². The highest BCUT2D eigenvalue weighted by Gasteiger charge is 2.16. The second-order valence-corrected chi connectivity index (χ2v) is 9.34. The quantitative estimate of drug-likeness (QED) is 0.226. The molecule has 0 saturated carbocycles. The van der Waals surface area contributed by atoms with Crippen LogP contribution < -0.4 is 10.6 Å². The number of hydrogen-bond donors (Lipinski definition) is 3. The topological polar surface area (TPSA) is 117 Å². The van der Waals surface area contributed by atoms with E-state index in [1.54, 1.807) is 24.3 Å². The number of carboxylic acid groups (broad SMARTS) is 1. The number of anilines is 1. The molecule has 0 fully saturated rings. The van der Waals surface area contributed by atoms with Crippen molar-refractivity contribution < 1.29 is 23.5 Å². The summed E-state index contributed by atoms with van der Waals surface area (Å²) in [6.07, 6.45) is 0.759. The summed E-state index contributed by atoms with van der Waals surface area (Å²) in [5.41, 5.74) is 3.83. The number of benzene rings is 3. The van der Waals surface area contributed by atoms with E-state index in [-0.39, 0.29) is 30.7 Å². The van der Waals surface area contributed by atoms with Crippen molar-refractivity contribution in [1.82, 2.24) is 15.5 Å². The van der Waals surface area contributed by atoms with Gasteiger partial charge in [-0.05, 0) is 78.6 Å². The summed E-state index contributed by atoms with van der Waals surface area (Å²) < 4.78 is 19.0. The Hall–Kier alpha value is -4.53. The number of hydrogen-bond acceptors (Lipinski definition) is 6. The summed E-state index contributed by atoms with van der Waals surface area (Å²) in [5, 5.41) is 23.1. The van der Waals surface area contributed by atoms with E-state index >= 15 is 0 Å². The van der Waals surface area contributed by atoms with Crippen molar-refractivity contribution >= 4 is 17.6 Å². The Morgan fingerprint density at radius 1 is 0.895 bits per heavy atom. The minimum atomic E-state index is -0.957. The van der Waals surface area contributed by atoms with Gasteiger partial charge >= 0.3 is 5.97 Å². The summed E-state index contributed by atoms with van der Waals surface area (Å²) in [6, 6.07) is 20.9. The number of carbonyl (C=O) groups excluding carboxylic acids is 1. The number of carbonyl (C=O) groups is 2. The van der Waals surface area contributed by atoms with Gasteiger partial charge in [-0.1, -0.05) is 26.0 Å². The van der Waals surface area contributed by atoms with Gasteiger partial charge in [-0.15, -0.1) is 10.2 Å². The van der Waals surface area contributed by atoms with Gasteiger partial charge < -0.3 is 20.2 Å². The average Bonchev–Trinajstić information content (AvgIpc) is 3.39. The third-order valence-corrected chi connectivity index (χ3v) is 5.90. The molecule has 0 spiro atoms. The zero-order chi connectivity index (χ0) is 27.1. The lowest BCUT2D eigenvalue weighted by Crippen LogP contribution is -2.25. The van der Waals surface area contributed by atoms with Crippen LogP contribution in [0.4, 0.5) is 10.1 Å². The van der Waals surface area contributed by atoms with Crippen molar-refractivity contribution in [3.63, 3.8) is 0 Å². The van der Waals surface area contributed by atoms with E-state index in [1.165, 1.54) is 12.1 Å². The summed E-state index contributed by atoms with van der Waals surface area (Å²) >= 11 is 0. The highest BCUT2D eigenvalue weighted by molar-refractivity contribution is 5.94. The molecular formula is C29H29FN4O4. The van der Waals surface area contributed by atoms with E-state index < -0.39 is 5.97 Å². The molecule has 38 heavy (non-hydrogen) atoms. The molecule has 3 N–H and O–H groups in total. The lowest BCUT2D eigenvalue weighted by Gasteiger charge is -2.22. The molecule has 0 radical (unpaired) electrons. The molecule has 1 atom stereocenters. The van der Waals surface area contributed by atoms with E-state index in [0.29, 0.717) is 28.8 Å². The maximum absolute atomic E-state index is 13.2. The van der Waals surface area contributed by atoms with Gasteiger partial charge in [0, 0.05) is 28.9 Å². The van der Waals surface area contributed by atoms with Crippen molar-refractivity contribution in [3.8, 4) is 22.9 Å². The second kappa shape index (κ2) is 12.1. The Balaban J connectivity index is 1.44. The largest absolute Gasteiger partial charge is 0.481 e. The molecule has 1 amide bonds. The van der Waals surface area contributed by atoms with Crippen LogP contribution in [0, 0.1) is 11.7 Å². The first-order valence-electron chi connectivity index (χ1n) is 12.3. The Bertz CT molecular complexity index is 1370. The van der Waals surface area contributed by atoms with E-state index in [1.807, 2.05) is 36.4 Å². The molecular weight excluding hydrogens is 487 g/mol. The van der Waals surface area contributed by atoms with Gasteiger partial charge in [-0.25, -0.2) is 4.39 Å². The normalized spacial score (nSPS) is 11.8. The zero-order valence-corrected chi connectivity index (χ0v) is 21.1. The molecule has 8 nitrogen and oxygen atoms in total. The number of rotatable bonds is 11. The van der Waals surface area contributed by atoms with Crippen LogP contribution in [0.15, 0.2) is 77.2 Å². The summed E-state index contributed by atoms with van der Waals surface area (Å²) in [4.78, 5) is 22.8. The first-order chi connectivity index (χ1) is 18.3. The number of amides is 1. The van der Waals surface area contributed by atoms with Crippen LogP contribution in [0.3, 0.4) is 0 Å². The fraction of sp³-hybridized carbons (Fsp3) is 0.241. The van der Waals surface area contributed by atoms with Crippen LogP contribution >= 0.6 is 0 Å². The Morgan fingerprint density at radius 3 is 2.03 bits per heavy atom. The standard InChI is InChI=1S/C29H29FN4O4/c1-18(2)17-25(32-24-13-9-20(10-14-24)27(37)31-16-15-26(35)36)19-3-5-21(6-4-19)28-33-34-29(38-28)22-7-11-23(30)12-8-22/h3-14,18,25,32H,15-17H2,1-2H3,(H,31,37)(H,35,36). The van der Waals surface area contributed by atoms with Crippen molar-refractivity contribution in [3.05, 3.63) is 89.7 Å². The Labute approximate surface area is 219 Å². The average molecular weight is 517 g/mol. The molecule has 1 heterocycles. The molecule has 0 aliphatic carbocycles. The van der Waals surface area contributed by atoms with Crippen molar-refractivity contribution in [2.45, 2.75) is 32.7 Å². The summed E-state index contributed by atoms with van der Waals surface area (Å²) in [7, 11) is 0. The highest BCUT2D eigenvalue weighted by Crippen LogP contribution is 2.29. The molecule has 0 saturated heterocycles. The molecule has 0 aliphatic rings. The molecule has 0 aliphatic heterocycles. The predicted molar refractivity (Wildman–Crippen MR) is 142 cm³/mol. The van der Waals surface area contributed by atoms with Crippen LogP contribution in [-0.2, 0) is 4.79 Å².